The van der Waals surface area contributed by atoms with Crippen LogP contribution in [0.4, 0.5) is 0 Å². The van der Waals surface area contributed by atoms with Crippen molar-refractivity contribution in [2.45, 2.75) is 25.4 Å². The average molecular weight is 192 g/mol. The standard InChI is InChI=1S/C11H16N2O/c1-11(4-6-14-9-11)13-8-10-3-2-5-12-7-10/h2-3,5,7,13H,4,6,8-9H2,1H3. The smallest absolute Gasteiger partial charge is 0.0646 e. The van der Waals surface area contributed by atoms with Crippen LogP contribution in [0.25, 0.3) is 0 Å². The Labute approximate surface area is 84.5 Å². The highest BCUT2D eigenvalue weighted by atomic mass is 16.5. The number of hydrogen-bond acceptors (Lipinski definition) is 3. The molecule has 1 aliphatic rings. The van der Waals surface area contributed by atoms with Crippen LogP contribution in [0.2, 0.25) is 0 Å². The van der Waals surface area contributed by atoms with Crippen LogP contribution in [0.15, 0.2) is 24.5 Å². The largest absolute Gasteiger partial charge is 0.379 e. The van der Waals surface area contributed by atoms with Crippen molar-refractivity contribution in [3.8, 4) is 0 Å². The molecule has 1 unspecified atom stereocenters. The first-order chi connectivity index (χ1) is 6.79. The molecule has 1 aliphatic heterocycles. The summed E-state index contributed by atoms with van der Waals surface area (Å²) in [5.41, 5.74) is 1.37. The second kappa shape index (κ2) is 4.07. The molecule has 2 heterocycles. The molecule has 0 bridgehead atoms. The Morgan fingerprint density at radius 3 is 3.21 bits per heavy atom. The second-order valence-corrected chi connectivity index (χ2v) is 4.08. The molecule has 1 saturated heterocycles. The molecule has 0 saturated carbocycles. The normalized spacial score (nSPS) is 26.6. The molecular weight excluding hydrogens is 176 g/mol. The zero-order valence-electron chi connectivity index (χ0n) is 8.49. The summed E-state index contributed by atoms with van der Waals surface area (Å²) < 4.78 is 5.37. The summed E-state index contributed by atoms with van der Waals surface area (Å²) in [5, 5.41) is 3.51. The lowest BCUT2D eigenvalue weighted by atomic mass is 10.0. The van der Waals surface area contributed by atoms with Crippen LogP contribution < -0.4 is 5.32 Å². The number of nitrogens with zero attached hydrogens (tertiary/aromatic N) is 1. The lowest BCUT2D eigenvalue weighted by Crippen LogP contribution is -2.42. The van der Waals surface area contributed by atoms with Crippen LogP contribution >= 0.6 is 0 Å². The van der Waals surface area contributed by atoms with E-state index in [1.54, 1.807) is 6.20 Å². The number of ether oxygens (including phenoxy) is 1. The molecule has 0 aromatic carbocycles. The summed E-state index contributed by atoms with van der Waals surface area (Å²) in [5.74, 6) is 0. The fraction of sp³-hybridized carbons (Fsp3) is 0.545. The summed E-state index contributed by atoms with van der Waals surface area (Å²) >= 11 is 0. The van der Waals surface area contributed by atoms with Crippen molar-refractivity contribution in [1.82, 2.24) is 10.3 Å². The number of nitrogens with one attached hydrogen (secondary N) is 1. The summed E-state index contributed by atoms with van der Waals surface area (Å²) in [6.07, 6.45) is 4.78. The van der Waals surface area contributed by atoms with Crippen molar-refractivity contribution in [1.29, 1.82) is 0 Å². The van der Waals surface area contributed by atoms with Gasteiger partial charge in [0.2, 0.25) is 0 Å². The highest BCUT2D eigenvalue weighted by Crippen LogP contribution is 2.17. The van der Waals surface area contributed by atoms with E-state index in [1.165, 1.54) is 5.56 Å². The molecule has 1 N–H and O–H groups in total. The number of hydrogen-bond donors (Lipinski definition) is 1. The Hall–Kier alpha value is -0.930. The molecule has 1 aromatic rings. The quantitative estimate of drug-likeness (QED) is 0.785. The van der Waals surface area contributed by atoms with Gasteiger partial charge >= 0.3 is 0 Å². The summed E-state index contributed by atoms with van der Waals surface area (Å²) in [6, 6.07) is 4.05. The van der Waals surface area contributed by atoms with Crippen molar-refractivity contribution in [2.24, 2.45) is 0 Å². The SMILES string of the molecule is CC1(NCc2cccnc2)CCOC1. The molecule has 3 nitrogen and oxygen atoms in total. The van der Waals surface area contributed by atoms with Gasteiger partial charge in [0.15, 0.2) is 0 Å². The lowest BCUT2D eigenvalue weighted by molar-refractivity contribution is 0.171. The van der Waals surface area contributed by atoms with E-state index in [4.69, 9.17) is 4.74 Å². The predicted molar refractivity (Wildman–Crippen MR) is 54.9 cm³/mol. The highest BCUT2D eigenvalue weighted by Gasteiger charge is 2.28. The predicted octanol–water partition coefficient (Wildman–Crippen LogP) is 1.35. The van der Waals surface area contributed by atoms with Crippen molar-refractivity contribution < 1.29 is 4.74 Å². The zero-order valence-corrected chi connectivity index (χ0v) is 8.49. The Morgan fingerprint density at radius 2 is 2.57 bits per heavy atom. The fourth-order valence-electron chi connectivity index (χ4n) is 1.62. The van der Waals surface area contributed by atoms with E-state index in [1.807, 2.05) is 12.3 Å². The van der Waals surface area contributed by atoms with Gasteiger partial charge in [-0.3, -0.25) is 4.98 Å². The minimum absolute atomic E-state index is 0.149. The molecule has 0 aliphatic carbocycles. The molecule has 2 rings (SSSR count). The molecule has 0 amide bonds. The molecule has 0 radical (unpaired) electrons. The van der Waals surface area contributed by atoms with Gasteiger partial charge in [-0.15, -0.1) is 0 Å². The molecule has 14 heavy (non-hydrogen) atoms. The first-order valence-electron chi connectivity index (χ1n) is 5.00. The van der Waals surface area contributed by atoms with Crippen LogP contribution in [-0.2, 0) is 11.3 Å². The number of aromatic nitrogens is 1. The Morgan fingerprint density at radius 1 is 1.64 bits per heavy atom. The second-order valence-electron chi connectivity index (χ2n) is 4.08. The van der Waals surface area contributed by atoms with Gasteiger partial charge in [0, 0.05) is 31.1 Å². The van der Waals surface area contributed by atoms with Crippen LogP contribution in [0.1, 0.15) is 18.9 Å². The highest BCUT2D eigenvalue weighted by molar-refractivity contribution is 5.08. The Bertz CT molecular complexity index is 281. The third kappa shape index (κ3) is 2.30. The van der Waals surface area contributed by atoms with Crippen LogP contribution in [0, 0.1) is 0 Å². The van der Waals surface area contributed by atoms with Gasteiger partial charge in [-0.25, -0.2) is 0 Å². The lowest BCUT2D eigenvalue weighted by Gasteiger charge is -2.23. The van der Waals surface area contributed by atoms with Crippen molar-refractivity contribution in [3.05, 3.63) is 30.1 Å². The van der Waals surface area contributed by atoms with Crippen LogP contribution in [-0.4, -0.2) is 23.7 Å². The minimum Gasteiger partial charge on any atom is -0.379 e. The first kappa shape index (κ1) is 9.62. The summed E-state index contributed by atoms with van der Waals surface area (Å²) in [4.78, 5) is 4.08. The van der Waals surface area contributed by atoms with Gasteiger partial charge in [0.05, 0.1) is 6.61 Å². The van der Waals surface area contributed by atoms with Gasteiger partial charge < -0.3 is 10.1 Å². The Balaban J connectivity index is 1.88. The third-order valence-electron chi connectivity index (χ3n) is 2.66. The third-order valence-corrected chi connectivity index (χ3v) is 2.66. The Kier molecular flexibility index (Phi) is 2.79. The number of pyridine rings is 1. The molecule has 1 aromatic heterocycles. The van der Waals surface area contributed by atoms with E-state index < -0.39 is 0 Å². The molecule has 76 valence electrons. The summed E-state index contributed by atoms with van der Waals surface area (Å²) in [7, 11) is 0. The molecule has 0 spiro atoms. The maximum Gasteiger partial charge on any atom is 0.0646 e. The van der Waals surface area contributed by atoms with Crippen molar-refractivity contribution >= 4 is 0 Å². The number of rotatable bonds is 3. The average Bonchev–Trinajstić information content (AvgIpc) is 2.65. The van der Waals surface area contributed by atoms with E-state index >= 15 is 0 Å². The molecule has 1 fully saturated rings. The van der Waals surface area contributed by atoms with E-state index in [2.05, 4.69) is 23.3 Å². The fourth-order valence-corrected chi connectivity index (χ4v) is 1.62. The monoisotopic (exact) mass is 192 g/mol. The van der Waals surface area contributed by atoms with E-state index in [-0.39, 0.29) is 5.54 Å². The van der Waals surface area contributed by atoms with Crippen LogP contribution in [0.3, 0.4) is 0 Å². The molecule has 1 atom stereocenters. The van der Waals surface area contributed by atoms with Gasteiger partial charge in [-0.2, -0.15) is 0 Å². The van der Waals surface area contributed by atoms with Crippen LogP contribution in [0.5, 0.6) is 0 Å². The van der Waals surface area contributed by atoms with E-state index in [0.29, 0.717) is 0 Å². The van der Waals surface area contributed by atoms with Crippen molar-refractivity contribution in [3.63, 3.8) is 0 Å². The maximum absolute atomic E-state index is 5.37. The molecular formula is C11H16N2O. The van der Waals surface area contributed by atoms with Gasteiger partial charge in [-0.1, -0.05) is 6.07 Å². The topological polar surface area (TPSA) is 34.2 Å². The molecule has 3 heteroatoms. The van der Waals surface area contributed by atoms with Crippen molar-refractivity contribution in [2.75, 3.05) is 13.2 Å². The van der Waals surface area contributed by atoms with Gasteiger partial charge in [-0.05, 0) is 25.0 Å². The minimum atomic E-state index is 0.149. The first-order valence-corrected chi connectivity index (χ1v) is 5.00. The van der Waals surface area contributed by atoms with Gasteiger partial charge in [0.1, 0.15) is 0 Å². The van der Waals surface area contributed by atoms with E-state index in [0.717, 1.165) is 26.2 Å². The zero-order chi connectivity index (χ0) is 9.86. The van der Waals surface area contributed by atoms with Gasteiger partial charge in [0.25, 0.3) is 0 Å². The summed E-state index contributed by atoms with van der Waals surface area (Å²) in [6.45, 7) is 4.76. The maximum atomic E-state index is 5.37. The van der Waals surface area contributed by atoms with E-state index in [9.17, 15) is 0 Å².